The Bertz CT molecular complexity index is 1160. The van der Waals surface area contributed by atoms with Crippen molar-refractivity contribution in [2.24, 2.45) is 0 Å². The van der Waals surface area contributed by atoms with Crippen LogP contribution in [0.4, 0.5) is 0 Å². The topological polar surface area (TPSA) is 77.4 Å². The second-order valence-corrected chi connectivity index (χ2v) is 9.26. The Kier molecular flexibility index (Phi) is 5.92. The Morgan fingerprint density at radius 2 is 1.93 bits per heavy atom. The van der Waals surface area contributed by atoms with Gasteiger partial charge in [-0.15, -0.1) is 0 Å². The second kappa shape index (κ2) is 8.06. The van der Waals surface area contributed by atoms with Crippen LogP contribution in [-0.2, 0) is 16.6 Å². The molecule has 0 radical (unpaired) electrons. The van der Waals surface area contributed by atoms with Gasteiger partial charge in [0.05, 0.1) is 22.2 Å². The smallest absolute Gasteiger partial charge is 0.308 e. The molecule has 6 nitrogen and oxygen atoms in total. The highest BCUT2D eigenvalue weighted by Gasteiger charge is 2.22. The highest BCUT2D eigenvalue weighted by atomic mass is 32.2. The number of benzene rings is 2. The molecule has 1 N–H and O–H groups in total. The van der Waals surface area contributed by atoms with Gasteiger partial charge in [-0.05, 0) is 55.7 Å². The minimum Gasteiger partial charge on any atom is -0.496 e. The lowest BCUT2D eigenvalue weighted by molar-refractivity contribution is 0.411. The van der Waals surface area contributed by atoms with Crippen molar-refractivity contribution in [1.29, 1.82) is 0 Å². The molecule has 1 heterocycles. The van der Waals surface area contributed by atoms with E-state index in [1.807, 2.05) is 39.0 Å². The monoisotopic (exact) mass is 420 g/mol. The van der Waals surface area contributed by atoms with E-state index < -0.39 is 10.0 Å². The molecule has 0 spiro atoms. The van der Waals surface area contributed by atoms with E-state index in [1.54, 1.807) is 29.9 Å². The fraction of sp³-hybridized carbons (Fsp3) is 0.350. The second-order valence-electron chi connectivity index (χ2n) is 6.55. The standard InChI is InChI=1S/C20H24N2O4S2/c1-5-16(14-7-10-18(26-4)13(3)11-14)21-28(24,25)15-8-9-17-19(12-15)27-20(23)22(17)6-2/h7-12,16,21H,5-6H2,1-4H3/t16-/m1/s1. The van der Waals surface area contributed by atoms with E-state index in [2.05, 4.69) is 4.72 Å². The first kappa shape index (κ1) is 20.6. The molecule has 0 aliphatic rings. The Hall–Kier alpha value is -2.16. The SMILES string of the molecule is CC[C@@H](NS(=O)(=O)c1ccc2c(c1)sc(=O)n2CC)c1ccc(OC)c(C)c1. The number of nitrogens with zero attached hydrogens (tertiary/aromatic N) is 1. The summed E-state index contributed by atoms with van der Waals surface area (Å²) < 4.78 is 36.3. The lowest BCUT2D eigenvalue weighted by atomic mass is 10.0. The molecular weight excluding hydrogens is 396 g/mol. The van der Waals surface area contributed by atoms with E-state index in [0.717, 1.165) is 33.7 Å². The normalized spacial score (nSPS) is 13.0. The van der Waals surface area contributed by atoms with Crippen molar-refractivity contribution in [1.82, 2.24) is 9.29 Å². The molecule has 0 aliphatic carbocycles. The highest BCUT2D eigenvalue weighted by molar-refractivity contribution is 7.89. The van der Waals surface area contributed by atoms with Crippen molar-refractivity contribution in [3.63, 3.8) is 0 Å². The number of sulfonamides is 1. The van der Waals surface area contributed by atoms with Crippen LogP contribution in [0.25, 0.3) is 10.2 Å². The van der Waals surface area contributed by atoms with Crippen molar-refractivity contribution in [3.8, 4) is 5.75 Å². The third kappa shape index (κ3) is 3.85. The van der Waals surface area contributed by atoms with Gasteiger partial charge in [-0.3, -0.25) is 9.36 Å². The summed E-state index contributed by atoms with van der Waals surface area (Å²) in [6.07, 6.45) is 0.604. The van der Waals surface area contributed by atoms with Gasteiger partial charge in [0.25, 0.3) is 0 Å². The largest absolute Gasteiger partial charge is 0.496 e. The number of ether oxygens (including phenoxy) is 1. The molecule has 8 heteroatoms. The summed E-state index contributed by atoms with van der Waals surface area (Å²) in [5, 5.41) is 0. The summed E-state index contributed by atoms with van der Waals surface area (Å²) >= 11 is 1.06. The predicted molar refractivity (Wildman–Crippen MR) is 113 cm³/mol. The minimum absolute atomic E-state index is 0.0832. The molecule has 0 fully saturated rings. The third-order valence-corrected chi connectivity index (χ3v) is 7.20. The van der Waals surface area contributed by atoms with Crippen molar-refractivity contribution >= 4 is 31.6 Å². The summed E-state index contributed by atoms with van der Waals surface area (Å²) in [5.41, 5.74) is 2.59. The molecule has 0 amide bonds. The van der Waals surface area contributed by atoms with E-state index in [9.17, 15) is 13.2 Å². The molecule has 0 saturated carbocycles. The van der Waals surface area contributed by atoms with Crippen molar-refractivity contribution in [3.05, 3.63) is 57.2 Å². The van der Waals surface area contributed by atoms with Crippen LogP contribution in [0.2, 0.25) is 0 Å². The van der Waals surface area contributed by atoms with E-state index in [0.29, 0.717) is 17.7 Å². The Morgan fingerprint density at radius 1 is 1.18 bits per heavy atom. The number of nitrogens with one attached hydrogen (secondary N) is 1. The maximum Gasteiger partial charge on any atom is 0.308 e. The molecule has 0 bridgehead atoms. The zero-order chi connectivity index (χ0) is 20.5. The first-order valence-electron chi connectivity index (χ1n) is 9.11. The van der Waals surface area contributed by atoms with Gasteiger partial charge in [-0.25, -0.2) is 13.1 Å². The van der Waals surface area contributed by atoms with Crippen LogP contribution in [0.5, 0.6) is 5.75 Å². The molecule has 0 saturated heterocycles. The number of fused-ring (bicyclic) bond motifs is 1. The third-order valence-electron chi connectivity index (χ3n) is 4.79. The van der Waals surface area contributed by atoms with Crippen molar-refractivity contribution in [2.75, 3.05) is 7.11 Å². The maximum absolute atomic E-state index is 13.0. The van der Waals surface area contributed by atoms with Gasteiger partial charge in [0.2, 0.25) is 10.0 Å². The number of hydrogen-bond donors (Lipinski definition) is 1. The Labute approximate surface area is 168 Å². The molecular formula is C20H24N2O4S2. The maximum atomic E-state index is 13.0. The number of aryl methyl sites for hydroxylation is 2. The molecule has 28 heavy (non-hydrogen) atoms. The van der Waals surface area contributed by atoms with Gasteiger partial charge >= 0.3 is 4.87 Å². The fourth-order valence-corrected chi connectivity index (χ4v) is 5.68. The highest BCUT2D eigenvalue weighted by Crippen LogP contribution is 2.27. The minimum atomic E-state index is -3.74. The van der Waals surface area contributed by atoms with Gasteiger partial charge in [-0.2, -0.15) is 0 Å². The molecule has 150 valence electrons. The Morgan fingerprint density at radius 3 is 2.54 bits per heavy atom. The number of thiazole rings is 1. The predicted octanol–water partition coefficient (Wildman–Crippen LogP) is 3.83. The Balaban J connectivity index is 1.94. The molecule has 0 unspecified atom stereocenters. The lowest BCUT2D eigenvalue weighted by Gasteiger charge is -2.19. The van der Waals surface area contributed by atoms with Gasteiger partial charge in [0, 0.05) is 12.6 Å². The zero-order valence-corrected chi connectivity index (χ0v) is 18.0. The van der Waals surface area contributed by atoms with Crippen molar-refractivity contribution in [2.45, 2.75) is 44.7 Å². The summed E-state index contributed by atoms with van der Waals surface area (Å²) in [6, 6.07) is 10.1. The van der Waals surface area contributed by atoms with Crippen LogP contribution < -0.4 is 14.3 Å². The molecule has 0 aliphatic heterocycles. The first-order valence-corrected chi connectivity index (χ1v) is 11.4. The van der Waals surface area contributed by atoms with E-state index in [-0.39, 0.29) is 15.8 Å². The van der Waals surface area contributed by atoms with Crippen LogP contribution >= 0.6 is 11.3 Å². The number of rotatable bonds is 7. The number of methoxy groups -OCH3 is 1. The lowest BCUT2D eigenvalue weighted by Crippen LogP contribution is -2.28. The average molecular weight is 421 g/mol. The van der Waals surface area contributed by atoms with Crippen molar-refractivity contribution < 1.29 is 13.2 Å². The van der Waals surface area contributed by atoms with Crippen LogP contribution in [0.15, 0.2) is 46.1 Å². The quantitative estimate of drug-likeness (QED) is 0.630. The van der Waals surface area contributed by atoms with Gasteiger partial charge in [0.1, 0.15) is 5.75 Å². The molecule has 2 aromatic carbocycles. The number of hydrogen-bond acceptors (Lipinski definition) is 5. The fourth-order valence-electron chi connectivity index (χ4n) is 3.27. The molecule has 3 aromatic rings. The van der Waals surface area contributed by atoms with Gasteiger partial charge in [-0.1, -0.05) is 30.4 Å². The summed E-state index contributed by atoms with van der Waals surface area (Å²) in [6.45, 7) is 6.31. The average Bonchev–Trinajstić information content (AvgIpc) is 3.00. The van der Waals surface area contributed by atoms with Crippen LogP contribution in [0, 0.1) is 6.92 Å². The molecule has 3 rings (SSSR count). The zero-order valence-electron chi connectivity index (χ0n) is 16.4. The van der Waals surface area contributed by atoms with Gasteiger partial charge in [0.15, 0.2) is 0 Å². The molecule has 1 aromatic heterocycles. The summed E-state index contributed by atoms with van der Waals surface area (Å²) in [5.74, 6) is 0.766. The summed E-state index contributed by atoms with van der Waals surface area (Å²) in [7, 11) is -2.13. The first-order chi connectivity index (χ1) is 13.3. The van der Waals surface area contributed by atoms with Crippen LogP contribution in [0.1, 0.15) is 37.4 Å². The van der Waals surface area contributed by atoms with E-state index in [4.69, 9.17) is 4.74 Å². The van der Waals surface area contributed by atoms with Crippen LogP contribution in [0.3, 0.4) is 0 Å². The van der Waals surface area contributed by atoms with Crippen LogP contribution in [-0.4, -0.2) is 20.1 Å². The van der Waals surface area contributed by atoms with E-state index >= 15 is 0 Å². The summed E-state index contributed by atoms with van der Waals surface area (Å²) in [4.78, 5) is 12.1. The number of aromatic nitrogens is 1. The van der Waals surface area contributed by atoms with Gasteiger partial charge < -0.3 is 4.74 Å². The van der Waals surface area contributed by atoms with E-state index in [1.165, 1.54) is 0 Å². The molecule has 1 atom stereocenters.